The molecule has 0 saturated carbocycles. The zero-order chi connectivity index (χ0) is 22.6. The highest BCUT2D eigenvalue weighted by Crippen LogP contribution is 2.23. The number of ether oxygens (including phenoxy) is 1. The van der Waals surface area contributed by atoms with E-state index in [9.17, 15) is 18.0 Å². The zero-order valence-corrected chi connectivity index (χ0v) is 18.2. The number of carbonyl (C=O) groups excluding carboxylic acids is 1. The number of sulfonamides is 1. The largest absolute Gasteiger partial charge is 0.457 e. The number of benzene rings is 2. The second-order valence-electron chi connectivity index (χ2n) is 7.11. The number of aromatic nitrogens is 1. The normalized spacial score (nSPS) is 11.4. The van der Waals surface area contributed by atoms with Crippen LogP contribution in [0.15, 0.2) is 76.6 Å². The number of rotatable bonds is 7. The molecule has 0 radical (unpaired) electrons. The van der Waals surface area contributed by atoms with Gasteiger partial charge < -0.3 is 14.6 Å². The summed E-state index contributed by atoms with van der Waals surface area (Å²) >= 11 is 0. The Balaban J connectivity index is 1.67. The first-order chi connectivity index (χ1) is 14.6. The SMILES string of the molecule is Cc1ccc(Oc2ccc(NC(=O)Cn3cc(S(=O)(=O)N(C)C)ccc3=O)cc2)cc1. The molecule has 162 valence electrons. The third-order valence-electron chi connectivity index (χ3n) is 4.44. The van der Waals surface area contributed by atoms with E-state index < -0.39 is 21.5 Å². The smallest absolute Gasteiger partial charge is 0.251 e. The fourth-order valence-electron chi connectivity index (χ4n) is 2.70. The first kappa shape index (κ1) is 22.3. The van der Waals surface area contributed by atoms with E-state index in [-0.39, 0.29) is 11.4 Å². The van der Waals surface area contributed by atoms with E-state index >= 15 is 0 Å². The molecular weight excluding hydrogens is 418 g/mol. The van der Waals surface area contributed by atoms with E-state index in [0.29, 0.717) is 17.2 Å². The van der Waals surface area contributed by atoms with Crippen LogP contribution in [0.1, 0.15) is 5.56 Å². The molecule has 0 saturated heterocycles. The van der Waals surface area contributed by atoms with Gasteiger partial charge in [-0.1, -0.05) is 17.7 Å². The minimum absolute atomic E-state index is 0.0671. The fourth-order valence-corrected chi connectivity index (χ4v) is 3.62. The van der Waals surface area contributed by atoms with Crippen LogP contribution in [0, 0.1) is 6.92 Å². The predicted molar refractivity (Wildman–Crippen MR) is 118 cm³/mol. The molecule has 1 N–H and O–H groups in total. The van der Waals surface area contributed by atoms with Crippen LogP contribution in [0.25, 0.3) is 0 Å². The van der Waals surface area contributed by atoms with Gasteiger partial charge >= 0.3 is 0 Å². The van der Waals surface area contributed by atoms with Crippen LogP contribution in [0.4, 0.5) is 5.69 Å². The molecule has 3 rings (SSSR count). The highest BCUT2D eigenvalue weighted by molar-refractivity contribution is 7.89. The highest BCUT2D eigenvalue weighted by atomic mass is 32.2. The lowest BCUT2D eigenvalue weighted by Gasteiger charge is -2.13. The van der Waals surface area contributed by atoms with Gasteiger partial charge in [0.1, 0.15) is 18.0 Å². The summed E-state index contributed by atoms with van der Waals surface area (Å²) in [5.74, 6) is 0.850. The van der Waals surface area contributed by atoms with Crippen molar-refractivity contribution in [1.29, 1.82) is 0 Å². The van der Waals surface area contributed by atoms with Crippen molar-refractivity contribution in [3.63, 3.8) is 0 Å². The molecule has 3 aromatic rings. The Kier molecular flexibility index (Phi) is 6.57. The Labute approximate surface area is 180 Å². The van der Waals surface area contributed by atoms with E-state index in [1.807, 2.05) is 31.2 Å². The van der Waals surface area contributed by atoms with E-state index in [2.05, 4.69) is 5.32 Å². The van der Waals surface area contributed by atoms with Gasteiger partial charge in [0.2, 0.25) is 15.9 Å². The number of amides is 1. The van der Waals surface area contributed by atoms with Crippen molar-refractivity contribution in [1.82, 2.24) is 8.87 Å². The summed E-state index contributed by atoms with van der Waals surface area (Å²) in [7, 11) is -0.931. The molecule has 2 aromatic carbocycles. The van der Waals surface area contributed by atoms with Crippen LogP contribution >= 0.6 is 0 Å². The van der Waals surface area contributed by atoms with Crippen molar-refractivity contribution in [3.8, 4) is 11.5 Å². The van der Waals surface area contributed by atoms with Gasteiger partial charge in [0.05, 0.1) is 4.90 Å². The average molecular weight is 442 g/mol. The quantitative estimate of drug-likeness (QED) is 0.608. The predicted octanol–water partition coefficient (Wildman–Crippen LogP) is 2.84. The average Bonchev–Trinajstić information content (AvgIpc) is 2.72. The lowest BCUT2D eigenvalue weighted by atomic mass is 10.2. The van der Waals surface area contributed by atoms with Crippen LogP contribution in [0.5, 0.6) is 11.5 Å². The minimum Gasteiger partial charge on any atom is -0.457 e. The number of hydrogen-bond acceptors (Lipinski definition) is 5. The molecule has 0 bridgehead atoms. The van der Waals surface area contributed by atoms with Gasteiger partial charge in [-0.2, -0.15) is 0 Å². The third kappa shape index (κ3) is 5.59. The molecule has 31 heavy (non-hydrogen) atoms. The molecule has 1 amide bonds. The van der Waals surface area contributed by atoms with Gasteiger partial charge in [0.15, 0.2) is 0 Å². The Morgan fingerprint density at radius 1 is 0.968 bits per heavy atom. The van der Waals surface area contributed by atoms with Gasteiger partial charge in [0.25, 0.3) is 5.56 Å². The maximum Gasteiger partial charge on any atom is 0.251 e. The van der Waals surface area contributed by atoms with E-state index in [1.54, 1.807) is 24.3 Å². The number of aryl methyl sites for hydroxylation is 1. The second-order valence-corrected chi connectivity index (χ2v) is 9.26. The van der Waals surface area contributed by atoms with Crippen molar-refractivity contribution < 1.29 is 17.9 Å². The van der Waals surface area contributed by atoms with E-state index in [4.69, 9.17) is 4.74 Å². The molecule has 0 spiro atoms. The van der Waals surface area contributed by atoms with Crippen molar-refractivity contribution in [3.05, 3.63) is 82.8 Å². The van der Waals surface area contributed by atoms with Crippen molar-refractivity contribution in [2.75, 3.05) is 19.4 Å². The summed E-state index contributed by atoms with van der Waals surface area (Å²) in [4.78, 5) is 24.4. The van der Waals surface area contributed by atoms with Crippen LogP contribution in [0.2, 0.25) is 0 Å². The van der Waals surface area contributed by atoms with Crippen molar-refractivity contribution in [2.45, 2.75) is 18.4 Å². The lowest BCUT2D eigenvalue weighted by molar-refractivity contribution is -0.116. The van der Waals surface area contributed by atoms with Crippen LogP contribution in [-0.4, -0.2) is 37.3 Å². The Bertz CT molecular complexity index is 1230. The van der Waals surface area contributed by atoms with Crippen molar-refractivity contribution >= 4 is 21.6 Å². The summed E-state index contributed by atoms with van der Waals surface area (Å²) in [6.45, 7) is 1.67. The van der Waals surface area contributed by atoms with E-state index in [0.717, 1.165) is 26.7 Å². The number of anilines is 1. The van der Waals surface area contributed by atoms with Crippen LogP contribution in [0.3, 0.4) is 0 Å². The molecule has 0 fully saturated rings. The topological polar surface area (TPSA) is 97.7 Å². The standard InChI is InChI=1S/C22H23N3O5S/c1-16-4-8-18(9-5-16)30-19-10-6-17(7-11-19)23-21(26)15-25-14-20(12-13-22(25)27)31(28,29)24(2)3/h4-14H,15H2,1-3H3,(H,23,26). The van der Waals surface area contributed by atoms with Gasteiger partial charge in [-0.25, -0.2) is 12.7 Å². The van der Waals surface area contributed by atoms with Gasteiger partial charge in [-0.05, 0) is 49.4 Å². The maximum atomic E-state index is 12.4. The molecule has 8 nitrogen and oxygen atoms in total. The van der Waals surface area contributed by atoms with Crippen LogP contribution < -0.4 is 15.6 Å². The van der Waals surface area contributed by atoms with Gasteiger partial charge in [-0.15, -0.1) is 0 Å². The summed E-state index contributed by atoms with van der Waals surface area (Å²) < 4.78 is 32.3. The summed E-state index contributed by atoms with van der Waals surface area (Å²) in [6, 6.07) is 16.8. The molecule has 0 aliphatic rings. The Morgan fingerprint density at radius 2 is 1.55 bits per heavy atom. The van der Waals surface area contributed by atoms with Crippen LogP contribution in [-0.2, 0) is 21.4 Å². The maximum absolute atomic E-state index is 12.4. The molecule has 0 aliphatic heterocycles. The summed E-state index contributed by atoms with van der Waals surface area (Å²) in [6.07, 6.45) is 1.16. The van der Waals surface area contributed by atoms with E-state index in [1.165, 1.54) is 20.2 Å². The third-order valence-corrected chi connectivity index (χ3v) is 6.24. The number of nitrogens with zero attached hydrogens (tertiary/aromatic N) is 2. The number of hydrogen-bond donors (Lipinski definition) is 1. The Morgan fingerprint density at radius 3 is 2.13 bits per heavy atom. The molecule has 0 unspecified atom stereocenters. The van der Waals surface area contributed by atoms with Crippen molar-refractivity contribution in [2.24, 2.45) is 0 Å². The fraction of sp³-hybridized carbons (Fsp3) is 0.182. The summed E-state index contributed by atoms with van der Waals surface area (Å²) in [5.41, 5.74) is 1.18. The number of nitrogens with one attached hydrogen (secondary N) is 1. The molecule has 1 heterocycles. The number of carbonyl (C=O) groups is 1. The highest BCUT2D eigenvalue weighted by Gasteiger charge is 2.18. The lowest BCUT2D eigenvalue weighted by Crippen LogP contribution is -2.29. The molecular formula is C22H23N3O5S. The molecule has 0 aliphatic carbocycles. The Hall–Kier alpha value is -3.43. The molecule has 9 heteroatoms. The molecule has 0 atom stereocenters. The summed E-state index contributed by atoms with van der Waals surface area (Å²) in [5, 5.41) is 2.68. The first-order valence-electron chi connectivity index (χ1n) is 9.42. The zero-order valence-electron chi connectivity index (χ0n) is 17.4. The molecule has 1 aromatic heterocycles. The monoisotopic (exact) mass is 441 g/mol. The number of pyridine rings is 1. The van der Waals surface area contributed by atoms with Gasteiger partial charge in [0, 0.05) is 32.0 Å². The first-order valence-corrected chi connectivity index (χ1v) is 10.9. The van der Waals surface area contributed by atoms with Gasteiger partial charge in [-0.3, -0.25) is 9.59 Å². The second kappa shape index (κ2) is 9.15. The minimum atomic E-state index is -3.72.